The second-order valence-electron chi connectivity index (χ2n) is 7.28. The highest BCUT2D eigenvalue weighted by Crippen LogP contribution is 2.34. The Labute approximate surface area is 193 Å². The Morgan fingerprint density at radius 2 is 1.55 bits per heavy atom. The van der Waals surface area contributed by atoms with Crippen LogP contribution in [0, 0.1) is 0 Å². The van der Waals surface area contributed by atoms with Gasteiger partial charge < -0.3 is 29.7 Å². The van der Waals surface area contributed by atoms with E-state index in [9.17, 15) is 14.4 Å². The van der Waals surface area contributed by atoms with Gasteiger partial charge in [-0.1, -0.05) is 12.1 Å². The Balaban J connectivity index is 2.13. The summed E-state index contributed by atoms with van der Waals surface area (Å²) in [5.74, 6) is 0.147. The molecule has 1 unspecified atom stereocenters. The van der Waals surface area contributed by atoms with Crippen LogP contribution in [-0.4, -0.2) is 64.1 Å². The number of amides is 3. The summed E-state index contributed by atoms with van der Waals surface area (Å²) >= 11 is 0. The van der Waals surface area contributed by atoms with E-state index >= 15 is 0 Å². The second kappa shape index (κ2) is 11.6. The van der Waals surface area contributed by atoms with Crippen LogP contribution in [-0.2, 0) is 9.59 Å². The number of rotatable bonds is 9. The van der Waals surface area contributed by atoms with Gasteiger partial charge in [0.25, 0.3) is 5.91 Å². The van der Waals surface area contributed by atoms with Crippen molar-refractivity contribution in [3.8, 4) is 17.2 Å². The molecular weight excluding hydrogens is 426 g/mol. The molecule has 2 aromatic carbocycles. The number of hydrogen-bond donors (Lipinski definition) is 2. The summed E-state index contributed by atoms with van der Waals surface area (Å²) in [6.07, 6.45) is 2.96. The normalized spacial score (nSPS) is 11.5. The lowest BCUT2D eigenvalue weighted by atomic mass is 10.1. The molecule has 0 aromatic heterocycles. The molecule has 9 nitrogen and oxygen atoms in total. The first-order valence-electron chi connectivity index (χ1n) is 10.1. The van der Waals surface area contributed by atoms with E-state index in [1.54, 1.807) is 58.5 Å². The number of nitrogens with one attached hydrogen (secondary N) is 2. The van der Waals surface area contributed by atoms with E-state index in [0.717, 1.165) is 5.56 Å². The Morgan fingerprint density at radius 1 is 0.939 bits per heavy atom. The molecule has 0 bridgehead atoms. The third-order valence-electron chi connectivity index (χ3n) is 4.71. The molecule has 9 heteroatoms. The number of ether oxygens (including phenoxy) is 3. The van der Waals surface area contributed by atoms with Gasteiger partial charge in [-0.2, -0.15) is 0 Å². The lowest BCUT2D eigenvalue weighted by Gasteiger charge is -2.19. The zero-order valence-electron chi connectivity index (χ0n) is 19.6. The summed E-state index contributed by atoms with van der Waals surface area (Å²) < 4.78 is 15.6. The molecule has 0 fully saturated rings. The lowest BCUT2D eigenvalue weighted by molar-refractivity contribution is -0.123. The quantitative estimate of drug-likeness (QED) is 0.563. The smallest absolute Gasteiger partial charge is 0.255 e. The molecule has 33 heavy (non-hydrogen) atoms. The maximum atomic E-state index is 12.7. The Hall–Kier alpha value is -4.01. The van der Waals surface area contributed by atoms with Crippen molar-refractivity contribution in [3.63, 3.8) is 0 Å². The number of nitrogens with zero attached hydrogens (tertiary/aromatic N) is 1. The van der Waals surface area contributed by atoms with Crippen molar-refractivity contribution in [2.45, 2.75) is 13.0 Å². The van der Waals surface area contributed by atoms with Crippen LogP contribution in [0.1, 0.15) is 22.8 Å². The highest BCUT2D eigenvalue weighted by atomic mass is 16.5. The first kappa shape index (κ1) is 25.3. The minimum atomic E-state index is -0.867. The molecule has 0 saturated carbocycles. The monoisotopic (exact) mass is 455 g/mol. The van der Waals surface area contributed by atoms with Gasteiger partial charge >= 0.3 is 0 Å². The number of anilines is 1. The van der Waals surface area contributed by atoms with Crippen LogP contribution in [0.15, 0.2) is 42.5 Å². The molecule has 2 aromatic rings. The Morgan fingerprint density at radius 3 is 2.09 bits per heavy atom. The molecule has 176 valence electrons. The molecule has 0 aliphatic heterocycles. The predicted molar refractivity (Wildman–Crippen MR) is 126 cm³/mol. The summed E-state index contributed by atoms with van der Waals surface area (Å²) in [7, 11) is 7.68. The van der Waals surface area contributed by atoms with Crippen LogP contribution in [0.3, 0.4) is 0 Å². The van der Waals surface area contributed by atoms with Gasteiger partial charge in [-0.05, 0) is 36.8 Å². The van der Waals surface area contributed by atoms with Gasteiger partial charge in [0.15, 0.2) is 11.5 Å². The van der Waals surface area contributed by atoms with E-state index in [-0.39, 0.29) is 17.2 Å². The minimum absolute atomic E-state index is 0.226. The number of carbonyl (C=O) groups excluding carboxylic acids is 3. The fourth-order valence-corrected chi connectivity index (χ4v) is 2.86. The summed E-state index contributed by atoms with van der Waals surface area (Å²) in [4.78, 5) is 39.0. The predicted octanol–water partition coefficient (Wildman–Crippen LogP) is 2.57. The summed E-state index contributed by atoms with van der Waals surface area (Å²) in [5, 5.41) is 5.29. The van der Waals surface area contributed by atoms with Crippen molar-refractivity contribution in [2.24, 2.45) is 0 Å². The van der Waals surface area contributed by atoms with E-state index in [1.807, 2.05) is 0 Å². The van der Waals surface area contributed by atoms with Crippen molar-refractivity contribution in [1.82, 2.24) is 10.2 Å². The Kier molecular flexibility index (Phi) is 8.85. The SMILES string of the molecule is COc1ccc(/C=C/C(=O)NC(C)C(=O)Nc2cc(OC)c(OC)cc2C(=O)N(C)C)cc1. The van der Waals surface area contributed by atoms with Crippen LogP contribution in [0.5, 0.6) is 17.2 Å². The molecule has 2 N–H and O–H groups in total. The molecule has 1 atom stereocenters. The molecule has 0 spiro atoms. The molecule has 0 heterocycles. The van der Waals surface area contributed by atoms with E-state index in [0.29, 0.717) is 17.2 Å². The average Bonchev–Trinajstić information content (AvgIpc) is 2.81. The number of carbonyl (C=O) groups is 3. The largest absolute Gasteiger partial charge is 0.497 e. The molecule has 2 rings (SSSR count). The average molecular weight is 456 g/mol. The summed E-state index contributed by atoms with van der Waals surface area (Å²) in [6.45, 7) is 1.54. The van der Waals surface area contributed by atoms with Gasteiger partial charge in [0, 0.05) is 26.2 Å². The van der Waals surface area contributed by atoms with Crippen LogP contribution in [0.25, 0.3) is 6.08 Å². The standard InChI is InChI=1S/C24H29N3O6/c1-15(25-22(28)12-9-16-7-10-17(31-4)11-8-16)23(29)26-19-14-21(33-6)20(32-5)13-18(19)24(30)27(2)3/h7-15H,1-6H3,(H,25,28)(H,26,29)/b12-9+. The number of hydrogen-bond acceptors (Lipinski definition) is 6. The minimum Gasteiger partial charge on any atom is -0.497 e. The van der Waals surface area contributed by atoms with Crippen molar-refractivity contribution in [2.75, 3.05) is 40.7 Å². The van der Waals surface area contributed by atoms with E-state index in [2.05, 4.69) is 10.6 Å². The fraction of sp³-hybridized carbons (Fsp3) is 0.292. The first-order chi connectivity index (χ1) is 15.7. The maximum Gasteiger partial charge on any atom is 0.255 e. The van der Waals surface area contributed by atoms with Gasteiger partial charge in [-0.15, -0.1) is 0 Å². The van der Waals surface area contributed by atoms with Crippen molar-refractivity contribution in [1.29, 1.82) is 0 Å². The molecular formula is C24H29N3O6. The number of methoxy groups -OCH3 is 3. The van der Waals surface area contributed by atoms with E-state index in [1.165, 1.54) is 37.3 Å². The lowest BCUT2D eigenvalue weighted by Crippen LogP contribution is -2.41. The van der Waals surface area contributed by atoms with E-state index in [4.69, 9.17) is 14.2 Å². The molecule has 0 aliphatic rings. The first-order valence-corrected chi connectivity index (χ1v) is 10.1. The topological polar surface area (TPSA) is 106 Å². The van der Waals surface area contributed by atoms with Gasteiger partial charge in [0.2, 0.25) is 11.8 Å². The zero-order chi connectivity index (χ0) is 24.5. The third kappa shape index (κ3) is 6.73. The van der Waals surface area contributed by atoms with Crippen LogP contribution in [0.4, 0.5) is 5.69 Å². The van der Waals surface area contributed by atoms with Gasteiger partial charge in [-0.3, -0.25) is 14.4 Å². The Bertz CT molecular complexity index is 1030. The van der Waals surface area contributed by atoms with Crippen LogP contribution < -0.4 is 24.8 Å². The third-order valence-corrected chi connectivity index (χ3v) is 4.71. The zero-order valence-corrected chi connectivity index (χ0v) is 19.6. The highest BCUT2D eigenvalue weighted by Gasteiger charge is 2.22. The molecule has 0 radical (unpaired) electrons. The summed E-state index contributed by atoms with van der Waals surface area (Å²) in [6, 6.07) is 9.31. The van der Waals surface area contributed by atoms with Crippen LogP contribution in [0.2, 0.25) is 0 Å². The van der Waals surface area contributed by atoms with Crippen molar-refractivity contribution in [3.05, 3.63) is 53.6 Å². The van der Waals surface area contributed by atoms with Crippen molar-refractivity contribution >= 4 is 29.5 Å². The van der Waals surface area contributed by atoms with Gasteiger partial charge in [0.05, 0.1) is 32.6 Å². The van der Waals surface area contributed by atoms with E-state index < -0.39 is 17.9 Å². The number of benzene rings is 2. The fourth-order valence-electron chi connectivity index (χ4n) is 2.86. The maximum absolute atomic E-state index is 12.7. The van der Waals surface area contributed by atoms with Gasteiger partial charge in [-0.25, -0.2) is 0 Å². The molecule has 0 saturated heterocycles. The van der Waals surface area contributed by atoms with Crippen LogP contribution >= 0.6 is 0 Å². The highest BCUT2D eigenvalue weighted by molar-refractivity contribution is 6.06. The summed E-state index contributed by atoms with van der Waals surface area (Å²) in [5.41, 5.74) is 1.27. The molecule has 3 amide bonds. The van der Waals surface area contributed by atoms with Gasteiger partial charge in [0.1, 0.15) is 11.8 Å². The molecule has 0 aliphatic carbocycles. The van der Waals surface area contributed by atoms with Crippen molar-refractivity contribution < 1.29 is 28.6 Å². The second-order valence-corrected chi connectivity index (χ2v) is 7.28.